The fraction of sp³-hybridized carbons (Fsp3) is 0.556. The van der Waals surface area contributed by atoms with Crippen LogP contribution in [-0.2, 0) is 4.74 Å². The highest BCUT2D eigenvalue weighted by Gasteiger charge is 2.50. The monoisotopic (exact) mass is 256 g/mol. The number of benzene rings is 1. The van der Waals surface area contributed by atoms with Crippen molar-refractivity contribution in [3.05, 3.63) is 41.5 Å². The van der Waals surface area contributed by atoms with E-state index in [0.29, 0.717) is 0 Å². The topological polar surface area (TPSA) is 9.23 Å². The summed E-state index contributed by atoms with van der Waals surface area (Å²) in [5.41, 5.74) is 4.84. The molecular weight excluding hydrogens is 232 g/mol. The summed E-state index contributed by atoms with van der Waals surface area (Å²) in [6.45, 7) is 5.60. The SMILES string of the molecule is COC[C@@]1(C)C(C)=C(c2ccccc2)[C@H]2CCC[C@H]21. The zero-order valence-electron chi connectivity index (χ0n) is 12.3. The van der Waals surface area contributed by atoms with Crippen LogP contribution in [0.4, 0.5) is 0 Å². The van der Waals surface area contributed by atoms with Gasteiger partial charge in [-0.25, -0.2) is 0 Å². The van der Waals surface area contributed by atoms with Gasteiger partial charge >= 0.3 is 0 Å². The molecule has 0 unspecified atom stereocenters. The zero-order chi connectivity index (χ0) is 13.5. The summed E-state index contributed by atoms with van der Waals surface area (Å²) in [4.78, 5) is 0. The van der Waals surface area contributed by atoms with E-state index in [9.17, 15) is 0 Å². The third-order valence-corrected chi connectivity index (χ3v) is 5.49. The van der Waals surface area contributed by atoms with Crippen molar-refractivity contribution in [2.45, 2.75) is 33.1 Å². The van der Waals surface area contributed by atoms with Crippen molar-refractivity contribution in [3.8, 4) is 0 Å². The van der Waals surface area contributed by atoms with Crippen LogP contribution in [0.5, 0.6) is 0 Å². The van der Waals surface area contributed by atoms with Crippen molar-refractivity contribution < 1.29 is 4.74 Å². The Kier molecular flexibility index (Phi) is 3.26. The lowest BCUT2D eigenvalue weighted by molar-refractivity contribution is 0.0754. The van der Waals surface area contributed by atoms with Crippen LogP contribution < -0.4 is 0 Å². The van der Waals surface area contributed by atoms with E-state index in [1.807, 2.05) is 7.11 Å². The predicted molar refractivity (Wildman–Crippen MR) is 79.9 cm³/mol. The molecule has 0 N–H and O–H groups in total. The second kappa shape index (κ2) is 4.79. The molecule has 2 aliphatic carbocycles. The third-order valence-electron chi connectivity index (χ3n) is 5.49. The van der Waals surface area contributed by atoms with E-state index >= 15 is 0 Å². The first-order valence-electron chi connectivity index (χ1n) is 7.44. The lowest BCUT2D eigenvalue weighted by atomic mass is 9.74. The Bertz CT molecular complexity index is 488. The molecule has 0 spiro atoms. The van der Waals surface area contributed by atoms with E-state index in [2.05, 4.69) is 44.2 Å². The maximum atomic E-state index is 5.56. The Balaban J connectivity index is 2.08. The Labute approximate surface area is 116 Å². The molecule has 0 amide bonds. The van der Waals surface area contributed by atoms with Gasteiger partial charge in [-0.05, 0) is 42.7 Å². The summed E-state index contributed by atoms with van der Waals surface area (Å²) >= 11 is 0. The van der Waals surface area contributed by atoms with Crippen molar-refractivity contribution in [2.75, 3.05) is 13.7 Å². The largest absolute Gasteiger partial charge is 0.384 e. The number of ether oxygens (including phenoxy) is 1. The maximum Gasteiger partial charge on any atom is 0.0556 e. The first-order valence-corrected chi connectivity index (χ1v) is 7.44. The van der Waals surface area contributed by atoms with Gasteiger partial charge in [-0.3, -0.25) is 0 Å². The lowest BCUT2D eigenvalue weighted by Gasteiger charge is -2.32. The van der Waals surface area contributed by atoms with Gasteiger partial charge in [0.15, 0.2) is 0 Å². The van der Waals surface area contributed by atoms with Crippen molar-refractivity contribution in [2.24, 2.45) is 17.3 Å². The molecule has 1 fully saturated rings. The molecule has 0 aromatic heterocycles. The summed E-state index contributed by atoms with van der Waals surface area (Å²) in [7, 11) is 1.84. The van der Waals surface area contributed by atoms with Crippen molar-refractivity contribution in [1.29, 1.82) is 0 Å². The van der Waals surface area contributed by atoms with E-state index in [1.165, 1.54) is 24.8 Å². The van der Waals surface area contributed by atoms with E-state index in [4.69, 9.17) is 4.74 Å². The van der Waals surface area contributed by atoms with Crippen LogP contribution in [0.15, 0.2) is 35.9 Å². The fourth-order valence-corrected chi connectivity index (χ4v) is 4.50. The van der Waals surface area contributed by atoms with Crippen molar-refractivity contribution in [3.63, 3.8) is 0 Å². The summed E-state index contributed by atoms with van der Waals surface area (Å²) in [5.74, 6) is 1.53. The second-order valence-corrected chi connectivity index (χ2v) is 6.40. The molecular formula is C18H24O. The molecule has 2 aliphatic rings. The molecule has 0 heterocycles. The summed E-state index contributed by atoms with van der Waals surface area (Å²) < 4.78 is 5.56. The standard InChI is InChI=1S/C18H24O/c1-13-17(14-8-5-4-6-9-14)15-10-7-11-16(15)18(13,2)12-19-3/h4-6,8-9,15-16H,7,10-12H2,1-3H3/t15-,16+,18-/m0/s1. The highest BCUT2D eigenvalue weighted by atomic mass is 16.5. The maximum absolute atomic E-state index is 5.56. The summed E-state index contributed by atoms with van der Waals surface area (Å²) in [5, 5.41) is 0. The molecule has 1 heteroatoms. The van der Waals surface area contributed by atoms with Crippen LogP contribution >= 0.6 is 0 Å². The number of hydrogen-bond donors (Lipinski definition) is 0. The average molecular weight is 256 g/mol. The Morgan fingerprint density at radius 1 is 1.21 bits per heavy atom. The zero-order valence-corrected chi connectivity index (χ0v) is 12.3. The first-order chi connectivity index (χ1) is 9.18. The normalized spacial score (nSPS) is 33.8. The Morgan fingerprint density at radius 2 is 1.95 bits per heavy atom. The van der Waals surface area contributed by atoms with E-state index in [0.717, 1.165) is 18.4 Å². The summed E-state index contributed by atoms with van der Waals surface area (Å²) in [6.07, 6.45) is 4.09. The smallest absolute Gasteiger partial charge is 0.0556 e. The Morgan fingerprint density at radius 3 is 2.63 bits per heavy atom. The van der Waals surface area contributed by atoms with Gasteiger partial charge in [0.1, 0.15) is 0 Å². The number of fused-ring (bicyclic) bond motifs is 1. The molecule has 0 bridgehead atoms. The van der Waals surface area contributed by atoms with Gasteiger partial charge < -0.3 is 4.74 Å². The van der Waals surface area contributed by atoms with Crippen LogP contribution in [0.25, 0.3) is 5.57 Å². The molecule has 0 saturated heterocycles. The molecule has 3 atom stereocenters. The third kappa shape index (κ3) is 1.87. The van der Waals surface area contributed by atoms with Crippen molar-refractivity contribution in [1.82, 2.24) is 0 Å². The average Bonchev–Trinajstić information content (AvgIpc) is 2.96. The number of rotatable bonds is 3. The minimum Gasteiger partial charge on any atom is -0.384 e. The van der Waals surface area contributed by atoms with Crippen LogP contribution in [0.2, 0.25) is 0 Å². The predicted octanol–water partition coefficient (Wildman–Crippen LogP) is 4.54. The van der Waals surface area contributed by atoms with Gasteiger partial charge in [-0.1, -0.05) is 49.2 Å². The highest BCUT2D eigenvalue weighted by molar-refractivity contribution is 5.74. The minimum absolute atomic E-state index is 0.237. The van der Waals surface area contributed by atoms with E-state index < -0.39 is 0 Å². The minimum atomic E-state index is 0.237. The number of allylic oxidation sites excluding steroid dienone is 1. The highest BCUT2D eigenvalue weighted by Crippen LogP contribution is 2.60. The van der Waals surface area contributed by atoms with Gasteiger partial charge in [0.05, 0.1) is 6.61 Å². The first kappa shape index (κ1) is 12.9. The van der Waals surface area contributed by atoms with Crippen LogP contribution in [-0.4, -0.2) is 13.7 Å². The number of hydrogen-bond acceptors (Lipinski definition) is 1. The van der Waals surface area contributed by atoms with Gasteiger partial charge in [0.25, 0.3) is 0 Å². The van der Waals surface area contributed by atoms with E-state index in [-0.39, 0.29) is 5.41 Å². The molecule has 1 saturated carbocycles. The van der Waals surface area contributed by atoms with Gasteiger partial charge in [-0.15, -0.1) is 0 Å². The van der Waals surface area contributed by atoms with E-state index in [1.54, 1.807) is 11.1 Å². The quantitative estimate of drug-likeness (QED) is 0.771. The molecule has 1 aromatic rings. The van der Waals surface area contributed by atoms with Gasteiger partial charge in [0.2, 0.25) is 0 Å². The molecule has 0 radical (unpaired) electrons. The Hall–Kier alpha value is -1.08. The van der Waals surface area contributed by atoms with Crippen molar-refractivity contribution >= 4 is 5.57 Å². The molecule has 102 valence electrons. The molecule has 19 heavy (non-hydrogen) atoms. The lowest BCUT2D eigenvalue weighted by Crippen LogP contribution is -2.30. The fourth-order valence-electron chi connectivity index (χ4n) is 4.50. The molecule has 1 aromatic carbocycles. The van der Waals surface area contributed by atoms with Crippen LogP contribution in [0.3, 0.4) is 0 Å². The number of methoxy groups -OCH3 is 1. The van der Waals surface area contributed by atoms with Gasteiger partial charge in [-0.2, -0.15) is 0 Å². The van der Waals surface area contributed by atoms with Crippen LogP contribution in [0, 0.1) is 17.3 Å². The molecule has 1 nitrogen and oxygen atoms in total. The molecule has 3 rings (SSSR count). The summed E-state index contributed by atoms with van der Waals surface area (Å²) in [6, 6.07) is 11.0. The molecule has 0 aliphatic heterocycles. The van der Waals surface area contributed by atoms with Gasteiger partial charge in [0, 0.05) is 12.5 Å². The van der Waals surface area contributed by atoms with Crippen LogP contribution in [0.1, 0.15) is 38.7 Å². The second-order valence-electron chi connectivity index (χ2n) is 6.40.